The van der Waals surface area contributed by atoms with Gasteiger partial charge in [-0.3, -0.25) is 4.79 Å². The van der Waals surface area contributed by atoms with Crippen molar-refractivity contribution in [1.29, 1.82) is 0 Å². The number of imidazole rings is 1. The summed E-state index contributed by atoms with van der Waals surface area (Å²) in [4.78, 5) is 19.0. The molecule has 0 spiro atoms. The van der Waals surface area contributed by atoms with Crippen LogP contribution in [0.1, 0.15) is 43.2 Å². The zero-order chi connectivity index (χ0) is 20.8. The Balaban J connectivity index is 1.61. The molecule has 30 heavy (non-hydrogen) atoms. The maximum Gasteiger partial charge on any atom is 0.226 e. The molecule has 5 rings (SSSR count). The Morgan fingerprint density at radius 1 is 1.27 bits per heavy atom. The summed E-state index contributed by atoms with van der Waals surface area (Å²) in [5, 5.41) is 0. The number of amides is 1. The molecule has 156 valence electrons. The fourth-order valence-electron chi connectivity index (χ4n) is 4.33. The van der Waals surface area contributed by atoms with Crippen molar-refractivity contribution in [2.45, 2.75) is 38.7 Å². The highest BCUT2D eigenvalue weighted by molar-refractivity contribution is 5.97. The number of nitrogens with zero attached hydrogens (tertiary/aromatic N) is 3. The van der Waals surface area contributed by atoms with Crippen molar-refractivity contribution < 1.29 is 18.7 Å². The molecule has 1 atom stereocenters. The van der Waals surface area contributed by atoms with Gasteiger partial charge in [0.25, 0.3) is 0 Å². The molecule has 6 nitrogen and oxygen atoms in total. The Labute approximate surface area is 174 Å². The molecule has 0 bridgehead atoms. The van der Waals surface area contributed by atoms with Crippen LogP contribution >= 0.6 is 0 Å². The Kier molecular flexibility index (Phi) is 4.60. The maximum absolute atomic E-state index is 14.6. The van der Waals surface area contributed by atoms with Gasteiger partial charge in [-0.2, -0.15) is 0 Å². The highest BCUT2D eigenvalue weighted by Gasteiger charge is 2.29. The van der Waals surface area contributed by atoms with E-state index >= 15 is 0 Å². The average Bonchev–Trinajstić information content (AvgIpc) is 3.03. The van der Waals surface area contributed by atoms with Crippen LogP contribution in [0.4, 0.5) is 10.1 Å². The van der Waals surface area contributed by atoms with Crippen LogP contribution in [-0.2, 0) is 11.8 Å². The lowest BCUT2D eigenvalue weighted by Crippen LogP contribution is -2.35. The van der Waals surface area contributed by atoms with Crippen molar-refractivity contribution in [3.05, 3.63) is 47.5 Å². The minimum absolute atomic E-state index is 0.118. The van der Waals surface area contributed by atoms with Crippen LogP contribution in [-0.4, -0.2) is 28.6 Å². The Morgan fingerprint density at radius 2 is 2.13 bits per heavy atom. The van der Waals surface area contributed by atoms with Crippen LogP contribution in [0, 0.1) is 12.7 Å². The number of benzene rings is 2. The fraction of sp³-hybridized carbons (Fsp3) is 0.391. The van der Waals surface area contributed by atoms with E-state index in [4.69, 9.17) is 9.47 Å². The lowest BCUT2D eigenvalue weighted by atomic mass is 10.0. The fourth-order valence-corrected chi connectivity index (χ4v) is 4.33. The molecule has 1 fully saturated rings. The number of carbonyl (C=O) groups is 1. The second-order valence-electron chi connectivity index (χ2n) is 7.93. The molecule has 3 heterocycles. The number of ether oxygens (including phenoxy) is 2. The number of aryl methyl sites for hydroxylation is 2. The number of hydrogen-bond donors (Lipinski definition) is 0. The molecular weight excluding hydrogens is 385 g/mol. The molecule has 1 amide bonds. The van der Waals surface area contributed by atoms with Crippen LogP contribution in [0.5, 0.6) is 11.5 Å². The molecule has 1 unspecified atom stereocenters. The summed E-state index contributed by atoms with van der Waals surface area (Å²) in [6.45, 7) is 3.07. The van der Waals surface area contributed by atoms with Gasteiger partial charge in [0, 0.05) is 38.2 Å². The average molecular weight is 409 g/mol. The second kappa shape index (κ2) is 7.31. The molecule has 0 radical (unpaired) electrons. The van der Waals surface area contributed by atoms with Crippen molar-refractivity contribution >= 4 is 22.6 Å². The summed E-state index contributed by atoms with van der Waals surface area (Å²) in [7, 11) is 1.94. The topological polar surface area (TPSA) is 56.6 Å². The summed E-state index contributed by atoms with van der Waals surface area (Å²) in [5.41, 5.74) is 2.84. The first kappa shape index (κ1) is 18.9. The lowest BCUT2D eigenvalue weighted by molar-refractivity contribution is -0.119. The number of rotatable bonds is 3. The van der Waals surface area contributed by atoms with Crippen LogP contribution in [0.3, 0.4) is 0 Å². The van der Waals surface area contributed by atoms with Gasteiger partial charge in [0.1, 0.15) is 34.8 Å². The summed E-state index contributed by atoms with van der Waals surface area (Å²) < 4.78 is 28.6. The molecule has 2 aromatic carbocycles. The third-order valence-electron chi connectivity index (χ3n) is 6.04. The van der Waals surface area contributed by atoms with E-state index in [1.807, 2.05) is 35.6 Å². The number of anilines is 1. The highest BCUT2D eigenvalue weighted by Crippen LogP contribution is 2.40. The van der Waals surface area contributed by atoms with Gasteiger partial charge in [0.15, 0.2) is 0 Å². The predicted molar refractivity (Wildman–Crippen MR) is 112 cm³/mol. The Hall–Kier alpha value is -3.09. The van der Waals surface area contributed by atoms with Gasteiger partial charge in [-0.25, -0.2) is 9.37 Å². The van der Waals surface area contributed by atoms with Crippen molar-refractivity contribution in [3.63, 3.8) is 0 Å². The van der Waals surface area contributed by atoms with E-state index in [9.17, 15) is 9.18 Å². The van der Waals surface area contributed by atoms with Crippen LogP contribution in [0.15, 0.2) is 30.3 Å². The van der Waals surface area contributed by atoms with Gasteiger partial charge in [0.2, 0.25) is 5.91 Å². The van der Waals surface area contributed by atoms with Crippen LogP contribution in [0.2, 0.25) is 0 Å². The van der Waals surface area contributed by atoms with Gasteiger partial charge >= 0.3 is 0 Å². The molecular formula is C23H24FN3O3. The van der Waals surface area contributed by atoms with Gasteiger partial charge in [-0.15, -0.1) is 0 Å². The number of hydrogen-bond acceptors (Lipinski definition) is 4. The number of piperidine rings is 1. The van der Waals surface area contributed by atoms with E-state index < -0.39 is 6.10 Å². The Bertz CT molecular complexity index is 1140. The van der Waals surface area contributed by atoms with Crippen molar-refractivity contribution in [1.82, 2.24) is 9.55 Å². The number of aromatic nitrogens is 2. The zero-order valence-electron chi connectivity index (χ0n) is 17.2. The van der Waals surface area contributed by atoms with Crippen LogP contribution in [0.25, 0.3) is 11.0 Å². The lowest BCUT2D eigenvalue weighted by Gasteiger charge is -2.29. The van der Waals surface area contributed by atoms with E-state index in [1.165, 1.54) is 6.07 Å². The first-order chi connectivity index (χ1) is 14.5. The second-order valence-corrected chi connectivity index (χ2v) is 7.93. The first-order valence-electron chi connectivity index (χ1n) is 10.4. The molecule has 1 saturated heterocycles. The van der Waals surface area contributed by atoms with Crippen molar-refractivity contribution in [2.75, 3.05) is 18.1 Å². The molecule has 1 aromatic heterocycles. The summed E-state index contributed by atoms with van der Waals surface area (Å²) in [6.07, 6.45) is 2.51. The van der Waals surface area contributed by atoms with Gasteiger partial charge in [-0.05, 0) is 38.0 Å². The van der Waals surface area contributed by atoms with Gasteiger partial charge in [-0.1, -0.05) is 6.07 Å². The SMILES string of the molecule is Cc1nc2c(OC3CCOc4cccc(F)c43)cc(N3CCCCC3=O)cc2n1C. The summed E-state index contributed by atoms with van der Waals surface area (Å²) >= 11 is 0. The van der Waals surface area contributed by atoms with E-state index in [1.54, 1.807) is 12.1 Å². The summed E-state index contributed by atoms with van der Waals surface area (Å²) in [6, 6.07) is 8.68. The normalized spacial score (nSPS) is 19.0. The van der Waals surface area contributed by atoms with Gasteiger partial charge < -0.3 is 18.9 Å². The van der Waals surface area contributed by atoms with E-state index in [2.05, 4.69) is 4.98 Å². The summed E-state index contributed by atoms with van der Waals surface area (Å²) in [5.74, 6) is 1.70. The number of fused-ring (bicyclic) bond motifs is 2. The quantitative estimate of drug-likeness (QED) is 0.642. The zero-order valence-corrected chi connectivity index (χ0v) is 17.2. The molecule has 2 aliphatic rings. The molecule has 7 heteroatoms. The highest BCUT2D eigenvalue weighted by atomic mass is 19.1. The van der Waals surface area contributed by atoms with Crippen molar-refractivity contribution in [3.8, 4) is 11.5 Å². The largest absolute Gasteiger partial charge is 0.493 e. The molecule has 2 aliphatic heterocycles. The minimum atomic E-state index is -0.479. The standard InChI is InChI=1S/C23H24FN3O3/c1-14-25-23-17(26(14)2)12-15(27-10-4-3-8-21(27)28)13-20(23)30-19-9-11-29-18-7-5-6-16(24)22(18)19/h5-7,12-13,19H,3-4,8-11H2,1-2H3. The smallest absolute Gasteiger partial charge is 0.226 e. The third kappa shape index (κ3) is 3.09. The number of halogens is 1. The van der Waals surface area contributed by atoms with E-state index in [-0.39, 0.29) is 11.7 Å². The predicted octanol–water partition coefficient (Wildman–Crippen LogP) is 4.44. The maximum atomic E-state index is 14.6. The Morgan fingerprint density at radius 3 is 2.97 bits per heavy atom. The third-order valence-corrected chi connectivity index (χ3v) is 6.04. The van der Waals surface area contributed by atoms with E-state index in [0.717, 1.165) is 29.9 Å². The minimum Gasteiger partial charge on any atom is -0.493 e. The molecule has 3 aromatic rings. The van der Waals surface area contributed by atoms with Crippen LogP contribution < -0.4 is 14.4 Å². The molecule has 0 N–H and O–H groups in total. The molecule has 0 saturated carbocycles. The van der Waals surface area contributed by atoms with Gasteiger partial charge in [0.05, 0.1) is 17.7 Å². The first-order valence-corrected chi connectivity index (χ1v) is 10.4. The molecule has 0 aliphatic carbocycles. The number of carbonyl (C=O) groups excluding carboxylic acids is 1. The van der Waals surface area contributed by atoms with Crippen molar-refractivity contribution in [2.24, 2.45) is 7.05 Å². The monoisotopic (exact) mass is 409 g/mol. The van der Waals surface area contributed by atoms with E-state index in [0.29, 0.717) is 48.6 Å².